The van der Waals surface area contributed by atoms with Crippen LogP contribution < -0.4 is 0 Å². The number of ketones is 1. The SMILES string of the molecule is COCCC(C)C(=O)C12CC3CC(C)(CC(C)(C3)C1)C2. The maximum atomic E-state index is 13.1. The van der Waals surface area contributed by atoms with Gasteiger partial charge in [0, 0.05) is 25.0 Å². The van der Waals surface area contributed by atoms with Gasteiger partial charge in [-0.25, -0.2) is 0 Å². The molecular weight excluding hydrogens is 248 g/mol. The van der Waals surface area contributed by atoms with Gasteiger partial charge in [-0.15, -0.1) is 0 Å². The van der Waals surface area contributed by atoms with Gasteiger partial charge in [-0.05, 0) is 61.7 Å². The number of methoxy groups -OCH3 is 1. The van der Waals surface area contributed by atoms with Crippen LogP contribution in [-0.4, -0.2) is 19.5 Å². The smallest absolute Gasteiger partial charge is 0.141 e. The third-order valence-electron chi connectivity index (χ3n) is 6.35. The molecule has 0 amide bonds. The summed E-state index contributed by atoms with van der Waals surface area (Å²) in [5.41, 5.74) is 0.881. The standard InChI is InChI=1S/C18H30O2/c1-13(5-6-20-4)15(19)18-9-14-7-16(2,11-18)10-17(3,8-14)12-18/h13-14H,5-12H2,1-4H3. The number of Topliss-reactive ketones (excluding diaryl/α,β-unsaturated/α-hetero) is 1. The fourth-order valence-electron chi connectivity index (χ4n) is 6.67. The van der Waals surface area contributed by atoms with Crippen molar-refractivity contribution in [2.75, 3.05) is 13.7 Å². The molecule has 4 bridgehead atoms. The number of rotatable bonds is 5. The Morgan fingerprint density at radius 1 is 1.15 bits per heavy atom. The Bertz CT molecular complexity index is 396. The van der Waals surface area contributed by atoms with E-state index in [1.54, 1.807) is 7.11 Å². The van der Waals surface area contributed by atoms with Crippen LogP contribution in [0.4, 0.5) is 0 Å². The molecule has 4 aliphatic carbocycles. The molecule has 0 aromatic heterocycles. The maximum Gasteiger partial charge on any atom is 0.141 e. The molecule has 3 unspecified atom stereocenters. The van der Waals surface area contributed by atoms with Gasteiger partial charge in [-0.2, -0.15) is 0 Å². The number of hydrogen-bond donors (Lipinski definition) is 0. The highest BCUT2D eigenvalue weighted by Gasteiger charge is 2.62. The summed E-state index contributed by atoms with van der Waals surface area (Å²) in [6, 6.07) is 0. The second-order valence-corrected chi connectivity index (χ2v) is 8.96. The van der Waals surface area contributed by atoms with Crippen molar-refractivity contribution < 1.29 is 9.53 Å². The average molecular weight is 278 g/mol. The van der Waals surface area contributed by atoms with Crippen LogP contribution in [0, 0.1) is 28.1 Å². The Balaban J connectivity index is 1.83. The Morgan fingerprint density at radius 3 is 2.25 bits per heavy atom. The van der Waals surface area contributed by atoms with Crippen molar-refractivity contribution in [1.29, 1.82) is 0 Å². The first-order chi connectivity index (χ1) is 9.30. The number of carbonyl (C=O) groups is 1. The Hall–Kier alpha value is -0.370. The lowest BCUT2D eigenvalue weighted by molar-refractivity contribution is -0.171. The Kier molecular flexibility index (Phi) is 3.32. The molecule has 0 aliphatic heterocycles. The predicted octanol–water partition coefficient (Wildman–Crippen LogP) is 4.22. The van der Waals surface area contributed by atoms with Crippen molar-refractivity contribution in [2.45, 2.75) is 65.7 Å². The minimum atomic E-state index is 0.00999. The highest BCUT2D eigenvalue weighted by Crippen LogP contribution is 2.70. The predicted molar refractivity (Wildman–Crippen MR) is 80.5 cm³/mol. The molecule has 0 saturated heterocycles. The van der Waals surface area contributed by atoms with Crippen LogP contribution >= 0.6 is 0 Å². The molecule has 2 heteroatoms. The number of ether oxygens (including phenoxy) is 1. The van der Waals surface area contributed by atoms with Crippen LogP contribution in [0.1, 0.15) is 65.7 Å². The lowest BCUT2D eigenvalue weighted by atomic mass is 9.39. The van der Waals surface area contributed by atoms with Gasteiger partial charge in [0.1, 0.15) is 5.78 Å². The molecule has 4 fully saturated rings. The van der Waals surface area contributed by atoms with E-state index in [1.165, 1.54) is 25.7 Å². The quantitative estimate of drug-likeness (QED) is 0.752. The molecule has 20 heavy (non-hydrogen) atoms. The van der Waals surface area contributed by atoms with E-state index < -0.39 is 0 Å². The average Bonchev–Trinajstić information content (AvgIpc) is 2.30. The first kappa shape index (κ1) is 14.6. The zero-order valence-electron chi connectivity index (χ0n) is 13.6. The Labute approximate surface area is 123 Å². The number of hydrogen-bond acceptors (Lipinski definition) is 2. The Morgan fingerprint density at radius 2 is 1.75 bits per heavy atom. The first-order valence-electron chi connectivity index (χ1n) is 8.33. The zero-order chi connectivity index (χ0) is 14.6. The molecule has 0 aromatic carbocycles. The van der Waals surface area contributed by atoms with Crippen LogP contribution in [0.15, 0.2) is 0 Å². The summed E-state index contributed by atoms with van der Waals surface area (Å²) in [4.78, 5) is 13.1. The van der Waals surface area contributed by atoms with E-state index in [1.807, 2.05) is 0 Å². The molecule has 0 spiro atoms. The van der Waals surface area contributed by atoms with Crippen molar-refractivity contribution in [3.8, 4) is 0 Å². The summed E-state index contributed by atoms with van der Waals surface area (Å²) in [5.74, 6) is 1.52. The van der Waals surface area contributed by atoms with Crippen molar-refractivity contribution in [1.82, 2.24) is 0 Å². The van der Waals surface area contributed by atoms with Crippen molar-refractivity contribution in [2.24, 2.45) is 28.1 Å². The van der Waals surface area contributed by atoms with Gasteiger partial charge in [-0.1, -0.05) is 20.8 Å². The van der Waals surface area contributed by atoms with Crippen LogP contribution in [0.25, 0.3) is 0 Å². The monoisotopic (exact) mass is 278 g/mol. The zero-order valence-corrected chi connectivity index (χ0v) is 13.6. The topological polar surface area (TPSA) is 26.3 Å². The van der Waals surface area contributed by atoms with E-state index in [0.29, 0.717) is 23.2 Å². The molecule has 0 heterocycles. The van der Waals surface area contributed by atoms with Gasteiger partial charge in [0.2, 0.25) is 0 Å². The molecule has 3 atom stereocenters. The molecule has 2 nitrogen and oxygen atoms in total. The highest BCUT2D eigenvalue weighted by atomic mass is 16.5. The molecule has 4 rings (SSSR count). The summed E-state index contributed by atoms with van der Waals surface area (Å²) in [5, 5.41) is 0. The largest absolute Gasteiger partial charge is 0.385 e. The molecule has 0 radical (unpaired) electrons. The van der Waals surface area contributed by atoms with Gasteiger partial charge in [-0.3, -0.25) is 4.79 Å². The second-order valence-electron chi connectivity index (χ2n) is 8.96. The van der Waals surface area contributed by atoms with Crippen LogP contribution in [-0.2, 0) is 9.53 Å². The molecule has 0 aromatic rings. The summed E-state index contributed by atoms with van der Waals surface area (Å²) in [6.07, 6.45) is 8.44. The maximum absolute atomic E-state index is 13.1. The van der Waals surface area contributed by atoms with Gasteiger partial charge in [0.25, 0.3) is 0 Å². The number of carbonyl (C=O) groups excluding carboxylic acids is 1. The third kappa shape index (κ3) is 2.24. The van der Waals surface area contributed by atoms with Gasteiger partial charge < -0.3 is 4.74 Å². The molecule has 4 aliphatic rings. The van der Waals surface area contributed by atoms with Gasteiger partial charge >= 0.3 is 0 Å². The second kappa shape index (κ2) is 4.56. The fraction of sp³-hybridized carbons (Fsp3) is 0.944. The van der Waals surface area contributed by atoms with E-state index in [4.69, 9.17) is 4.74 Å². The van der Waals surface area contributed by atoms with E-state index >= 15 is 0 Å². The summed E-state index contributed by atoms with van der Waals surface area (Å²) in [7, 11) is 1.73. The van der Waals surface area contributed by atoms with Crippen LogP contribution in [0.3, 0.4) is 0 Å². The van der Waals surface area contributed by atoms with Crippen LogP contribution in [0.5, 0.6) is 0 Å². The van der Waals surface area contributed by atoms with E-state index in [2.05, 4.69) is 20.8 Å². The van der Waals surface area contributed by atoms with Crippen molar-refractivity contribution in [3.05, 3.63) is 0 Å². The summed E-state index contributed by atoms with van der Waals surface area (Å²) < 4.78 is 5.17. The van der Waals surface area contributed by atoms with Gasteiger partial charge in [0.15, 0.2) is 0 Å². The van der Waals surface area contributed by atoms with Gasteiger partial charge in [0.05, 0.1) is 0 Å². The first-order valence-corrected chi connectivity index (χ1v) is 8.33. The van der Waals surface area contributed by atoms with E-state index in [-0.39, 0.29) is 11.3 Å². The molecule has 0 N–H and O–H groups in total. The van der Waals surface area contributed by atoms with Crippen LogP contribution in [0.2, 0.25) is 0 Å². The lowest BCUT2D eigenvalue weighted by Gasteiger charge is -2.65. The summed E-state index contributed by atoms with van der Waals surface area (Å²) in [6.45, 7) is 7.71. The van der Waals surface area contributed by atoms with Crippen molar-refractivity contribution in [3.63, 3.8) is 0 Å². The van der Waals surface area contributed by atoms with Crippen molar-refractivity contribution >= 4 is 5.78 Å². The fourth-order valence-corrected chi connectivity index (χ4v) is 6.67. The minimum absolute atomic E-state index is 0.00999. The molecular formula is C18H30O2. The van der Waals surface area contributed by atoms with E-state index in [9.17, 15) is 4.79 Å². The molecule has 114 valence electrons. The normalized spacial score (nSPS) is 47.5. The third-order valence-corrected chi connectivity index (χ3v) is 6.35. The lowest BCUT2D eigenvalue weighted by Crippen LogP contribution is -2.58. The highest BCUT2D eigenvalue weighted by molar-refractivity contribution is 5.87. The minimum Gasteiger partial charge on any atom is -0.385 e. The van der Waals surface area contributed by atoms with E-state index in [0.717, 1.165) is 25.2 Å². The summed E-state index contributed by atoms with van der Waals surface area (Å²) >= 11 is 0. The molecule has 4 saturated carbocycles.